The zero-order valence-electron chi connectivity index (χ0n) is 15.6. The molecule has 0 atom stereocenters. The standard InChI is InChI=1S/C22H18Cl2N2O3/c1-28-19-9-6-16(7-10-19)22(27)26-25-13-15-3-2-4-20(11-15)29-14-17-5-8-18(23)12-21(17)24/h2-13H,14H2,1H3,(H,26,27). The fourth-order valence-corrected chi connectivity index (χ4v) is 2.92. The van der Waals surface area contributed by atoms with E-state index in [-0.39, 0.29) is 5.91 Å². The van der Waals surface area contributed by atoms with Crippen molar-refractivity contribution in [3.8, 4) is 11.5 Å². The molecule has 0 aliphatic heterocycles. The minimum atomic E-state index is -0.311. The molecule has 0 aliphatic rings. The Kier molecular flexibility index (Phi) is 7.11. The smallest absolute Gasteiger partial charge is 0.271 e. The van der Waals surface area contributed by atoms with E-state index in [1.54, 1.807) is 49.7 Å². The number of amides is 1. The highest BCUT2D eigenvalue weighted by Crippen LogP contribution is 2.23. The first kappa shape index (κ1) is 20.7. The lowest BCUT2D eigenvalue weighted by Crippen LogP contribution is -2.17. The molecule has 3 aromatic carbocycles. The average Bonchev–Trinajstić information content (AvgIpc) is 2.73. The number of carbonyl (C=O) groups is 1. The Morgan fingerprint density at radius 2 is 1.83 bits per heavy atom. The van der Waals surface area contributed by atoms with Gasteiger partial charge in [0.05, 0.1) is 13.3 Å². The molecule has 0 spiro atoms. The van der Waals surface area contributed by atoms with Gasteiger partial charge in [0.2, 0.25) is 0 Å². The van der Waals surface area contributed by atoms with Gasteiger partial charge in [0.15, 0.2) is 0 Å². The fraction of sp³-hybridized carbons (Fsp3) is 0.0909. The zero-order valence-corrected chi connectivity index (χ0v) is 17.1. The molecule has 0 fully saturated rings. The Balaban J connectivity index is 1.57. The van der Waals surface area contributed by atoms with Crippen LogP contribution in [0.3, 0.4) is 0 Å². The van der Waals surface area contributed by atoms with Gasteiger partial charge in [0.1, 0.15) is 18.1 Å². The first-order chi connectivity index (χ1) is 14.0. The second-order valence-corrected chi connectivity index (χ2v) is 6.87. The van der Waals surface area contributed by atoms with E-state index >= 15 is 0 Å². The van der Waals surface area contributed by atoms with Gasteiger partial charge in [0.25, 0.3) is 5.91 Å². The van der Waals surface area contributed by atoms with Crippen molar-refractivity contribution in [1.29, 1.82) is 0 Å². The Bertz CT molecular complexity index is 1020. The monoisotopic (exact) mass is 428 g/mol. The summed E-state index contributed by atoms with van der Waals surface area (Å²) in [6.45, 7) is 0.310. The van der Waals surface area contributed by atoms with Gasteiger partial charge >= 0.3 is 0 Å². The van der Waals surface area contributed by atoms with E-state index in [1.165, 1.54) is 0 Å². The Labute approximate surface area is 178 Å². The lowest BCUT2D eigenvalue weighted by molar-refractivity contribution is 0.0955. The number of rotatable bonds is 7. The van der Waals surface area contributed by atoms with Crippen LogP contribution in [0.1, 0.15) is 21.5 Å². The summed E-state index contributed by atoms with van der Waals surface area (Å²) in [5, 5.41) is 5.13. The van der Waals surface area contributed by atoms with E-state index in [2.05, 4.69) is 10.5 Å². The van der Waals surface area contributed by atoms with Gasteiger partial charge in [-0.05, 0) is 54.1 Å². The summed E-state index contributed by atoms with van der Waals surface area (Å²) in [7, 11) is 1.57. The topological polar surface area (TPSA) is 59.9 Å². The molecule has 7 heteroatoms. The van der Waals surface area contributed by atoms with Gasteiger partial charge in [-0.3, -0.25) is 4.79 Å². The molecule has 0 unspecified atom stereocenters. The number of hydrogen-bond donors (Lipinski definition) is 1. The number of benzene rings is 3. The highest BCUT2D eigenvalue weighted by molar-refractivity contribution is 6.35. The number of hydrogen-bond acceptors (Lipinski definition) is 4. The van der Waals surface area contributed by atoms with Crippen LogP contribution in [-0.4, -0.2) is 19.2 Å². The van der Waals surface area contributed by atoms with E-state index in [0.29, 0.717) is 33.7 Å². The molecule has 3 rings (SSSR count). The Morgan fingerprint density at radius 1 is 1.03 bits per heavy atom. The van der Waals surface area contributed by atoms with E-state index in [4.69, 9.17) is 32.7 Å². The fourth-order valence-electron chi connectivity index (χ4n) is 2.46. The van der Waals surface area contributed by atoms with Crippen LogP contribution >= 0.6 is 23.2 Å². The molecule has 0 saturated carbocycles. The second-order valence-electron chi connectivity index (χ2n) is 6.02. The summed E-state index contributed by atoms with van der Waals surface area (Å²) in [6, 6.07) is 19.4. The maximum Gasteiger partial charge on any atom is 0.271 e. The number of nitrogens with zero attached hydrogens (tertiary/aromatic N) is 1. The van der Waals surface area contributed by atoms with Crippen molar-refractivity contribution < 1.29 is 14.3 Å². The summed E-state index contributed by atoms with van der Waals surface area (Å²) in [4.78, 5) is 12.1. The van der Waals surface area contributed by atoms with Crippen molar-refractivity contribution >= 4 is 35.3 Å². The average molecular weight is 429 g/mol. The zero-order chi connectivity index (χ0) is 20.6. The first-order valence-corrected chi connectivity index (χ1v) is 9.45. The highest BCUT2D eigenvalue weighted by Gasteiger charge is 2.05. The van der Waals surface area contributed by atoms with Crippen molar-refractivity contribution in [2.45, 2.75) is 6.61 Å². The first-order valence-electron chi connectivity index (χ1n) is 8.69. The van der Waals surface area contributed by atoms with E-state index in [1.807, 2.05) is 30.3 Å². The normalized spacial score (nSPS) is 10.7. The van der Waals surface area contributed by atoms with Gasteiger partial charge in [-0.25, -0.2) is 5.43 Å². The van der Waals surface area contributed by atoms with Crippen molar-refractivity contribution in [1.82, 2.24) is 5.43 Å². The molecule has 3 aromatic rings. The molecule has 0 saturated heterocycles. The van der Waals surface area contributed by atoms with Crippen LogP contribution in [0.2, 0.25) is 10.0 Å². The summed E-state index contributed by atoms with van der Waals surface area (Å²) in [6.07, 6.45) is 1.55. The summed E-state index contributed by atoms with van der Waals surface area (Å²) >= 11 is 12.1. The van der Waals surface area contributed by atoms with E-state index < -0.39 is 0 Å². The highest BCUT2D eigenvalue weighted by atomic mass is 35.5. The van der Waals surface area contributed by atoms with Gasteiger partial charge in [-0.1, -0.05) is 41.4 Å². The lowest BCUT2D eigenvalue weighted by Gasteiger charge is -2.08. The Morgan fingerprint density at radius 3 is 2.55 bits per heavy atom. The van der Waals surface area contributed by atoms with E-state index in [9.17, 15) is 4.79 Å². The van der Waals surface area contributed by atoms with Crippen LogP contribution in [0.25, 0.3) is 0 Å². The van der Waals surface area contributed by atoms with E-state index in [0.717, 1.165) is 11.1 Å². The molecule has 1 N–H and O–H groups in total. The number of methoxy groups -OCH3 is 1. The molecule has 0 radical (unpaired) electrons. The van der Waals surface area contributed by atoms with Crippen LogP contribution in [-0.2, 0) is 6.61 Å². The molecular formula is C22H18Cl2N2O3. The third-order valence-corrected chi connectivity index (χ3v) is 4.59. The third kappa shape index (κ3) is 5.98. The SMILES string of the molecule is COc1ccc(C(=O)NN=Cc2cccc(OCc3ccc(Cl)cc3Cl)c2)cc1. The number of hydrazone groups is 1. The van der Waals surface area contributed by atoms with Gasteiger partial charge in [0, 0.05) is 21.2 Å². The molecule has 148 valence electrons. The van der Waals surface area contributed by atoms with Gasteiger partial charge < -0.3 is 9.47 Å². The van der Waals surface area contributed by atoms with Crippen LogP contribution in [0.5, 0.6) is 11.5 Å². The molecule has 0 aliphatic carbocycles. The van der Waals surface area contributed by atoms with Crippen LogP contribution in [0.4, 0.5) is 0 Å². The van der Waals surface area contributed by atoms with Gasteiger partial charge in [-0.15, -0.1) is 0 Å². The van der Waals surface area contributed by atoms with Gasteiger partial charge in [-0.2, -0.15) is 5.10 Å². The van der Waals surface area contributed by atoms with Crippen LogP contribution < -0.4 is 14.9 Å². The third-order valence-electron chi connectivity index (χ3n) is 4.00. The molecular weight excluding hydrogens is 411 g/mol. The number of halogens is 2. The molecule has 29 heavy (non-hydrogen) atoms. The second kappa shape index (κ2) is 9.96. The number of carbonyl (C=O) groups excluding carboxylic acids is 1. The minimum absolute atomic E-state index is 0.310. The maximum atomic E-state index is 12.1. The van der Waals surface area contributed by atoms with Crippen molar-refractivity contribution in [2.24, 2.45) is 5.10 Å². The quantitative estimate of drug-likeness (QED) is 0.407. The van der Waals surface area contributed by atoms with Crippen molar-refractivity contribution in [3.63, 3.8) is 0 Å². The molecule has 0 aromatic heterocycles. The van der Waals surface area contributed by atoms with Crippen molar-refractivity contribution in [2.75, 3.05) is 7.11 Å². The summed E-state index contributed by atoms with van der Waals surface area (Å²) < 4.78 is 10.9. The van der Waals surface area contributed by atoms with Crippen molar-refractivity contribution in [3.05, 3.63) is 93.5 Å². The maximum absolute atomic E-state index is 12.1. The largest absolute Gasteiger partial charge is 0.497 e. The summed E-state index contributed by atoms with van der Waals surface area (Å²) in [5.41, 5.74) is 4.59. The number of nitrogens with one attached hydrogen (secondary N) is 1. The van der Waals surface area contributed by atoms with Crippen LogP contribution in [0.15, 0.2) is 71.8 Å². The lowest BCUT2D eigenvalue weighted by atomic mass is 10.2. The predicted octanol–water partition coefficient (Wildman–Crippen LogP) is 5.34. The molecule has 0 heterocycles. The predicted molar refractivity (Wildman–Crippen MR) is 115 cm³/mol. The molecule has 1 amide bonds. The number of ether oxygens (including phenoxy) is 2. The van der Waals surface area contributed by atoms with Crippen LogP contribution in [0, 0.1) is 0 Å². The summed E-state index contributed by atoms with van der Waals surface area (Å²) in [5.74, 6) is 1.02. The Hall–Kier alpha value is -3.02. The molecule has 0 bridgehead atoms. The minimum Gasteiger partial charge on any atom is -0.497 e. The molecule has 5 nitrogen and oxygen atoms in total.